The van der Waals surface area contributed by atoms with Crippen LogP contribution in [0.1, 0.15) is 28.2 Å². The van der Waals surface area contributed by atoms with Crippen LogP contribution < -0.4 is 10.2 Å². The summed E-state index contributed by atoms with van der Waals surface area (Å²) in [4.78, 5) is 29.9. The molecule has 0 spiro atoms. The molecular weight excluding hydrogens is 537 g/mol. The van der Waals surface area contributed by atoms with Gasteiger partial charge in [-0.05, 0) is 44.2 Å². The van der Waals surface area contributed by atoms with E-state index in [-0.39, 0.29) is 5.69 Å². The normalized spacial score (nSPS) is 14.7. The topological polar surface area (TPSA) is 104 Å². The standard InChI is InChI=1S/C28H31F3N8O2/c1-19-26(14-22(16-34-19)35-27(40)24-13-21(4-5-33-24)28(29,30)31)39-18-25(36-39)20-12-23(17-32-15-20)38-7-3-6-37(8-9-38)10-11-41-2/h4-5,12-18,36H,3,6-11H2,1-2H3,(H,35,40). The number of hydrogen-bond acceptors (Lipinski definition) is 7. The summed E-state index contributed by atoms with van der Waals surface area (Å²) in [5.74, 6) is -0.765. The Morgan fingerprint density at radius 1 is 1.10 bits per heavy atom. The van der Waals surface area contributed by atoms with Crippen LogP contribution in [-0.2, 0) is 10.9 Å². The summed E-state index contributed by atoms with van der Waals surface area (Å²) in [6.07, 6.45) is 4.47. The molecule has 4 aromatic rings. The summed E-state index contributed by atoms with van der Waals surface area (Å²) in [6, 6.07) is 5.33. The summed E-state index contributed by atoms with van der Waals surface area (Å²) in [5, 5.41) is 5.87. The average molecular weight is 569 g/mol. The van der Waals surface area contributed by atoms with Crippen LogP contribution in [0.2, 0.25) is 0 Å². The third kappa shape index (κ3) is 6.74. The molecule has 4 aromatic heterocycles. The number of halogens is 3. The van der Waals surface area contributed by atoms with Crippen LogP contribution in [-0.4, -0.2) is 82.0 Å². The SMILES string of the molecule is COCCN1CCCN(c2cncc(-c3cn(-c4cc(NC(=O)c5cc(C(F)(F)F)ccn5)cnc4C)[nH]3)c2)CC1. The van der Waals surface area contributed by atoms with Gasteiger partial charge in [0.2, 0.25) is 0 Å². The van der Waals surface area contributed by atoms with E-state index in [1.54, 1.807) is 24.1 Å². The fourth-order valence-electron chi connectivity index (χ4n) is 4.70. The molecule has 13 heteroatoms. The maximum atomic E-state index is 13.0. The van der Waals surface area contributed by atoms with Crippen molar-refractivity contribution in [3.05, 3.63) is 72.2 Å². The molecule has 1 amide bonds. The van der Waals surface area contributed by atoms with Gasteiger partial charge < -0.3 is 15.0 Å². The molecule has 1 saturated heterocycles. The molecule has 0 bridgehead atoms. The first kappa shape index (κ1) is 28.3. The number of aromatic amines is 1. The van der Waals surface area contributed by atoms with Gasteiger partial charge in [-0.1, -0.05) is 0 Å². The van der Waals surface area contributed by atoms with Crippen molar-refractivity contribution in [3.63, 3.8) is 0 Å². The van der Waals surface area contributed by atoms with Gasteiger partial charge in [0.05, 0.1) is 59.2 Å². The number of alkyl halides is 3. The number of aryl methyl sites for hydroxylation is 1. The van der Waals surface area contributed by atoms with Crippen molar-refractivity contribution in [2.75, 3.05) is 56.7 Å². The molecule has 0 atom stereocenters. The summed E-state index contributed by atoms with van der Waals surface area (Å²) >= 11 is 0. The van der Waals surface area contributed by atoms with E-state index in [0.717, 1.165) is 81.0 Å². The van der Waals surface area contributed by atoms with Crippen molar-refractivity contribution in [1.82, 2.24) is 29.6 Å². The molecule has 2 N–H and O–H groups in total. The van der Waals surface area contributed by atoms with Crippen molar-refractivity contribution in [2.45, 2.75) is 19.5 Å². The first-order chi connectivity index (χ1) is 19.7. The zero-order valence-corrected chi connectivity index (χ0v) is 22.8. The largest absolute Gasteiger partial charge is 0.416 e. The number of H-pyrrole nitrogens is 1. The predicted molar refractivity (Wildman–Crippen MR) is 148 cm³/mol. The third-order valence-corrected chi connectivity index (χ3v) is 7.00. The molecule has 1 aliphatic rings. The Bertz CT molecular complexity index is 1490. The van der Waals surface area contributed by atoms with Crippen molar-refractivity contribution >= 4 is 17.3 Å². The highest BCUT2D eigenvalue weighted by Crippen LogP contribution is 2.30. The lowest BCUT2D eigenvalue weighted by atomic mass is 10.2. The number of amides is 1. The minimum absolute atomic E-state index is 0.322. The van der Waals surface area contributed by atoms with Crippen molar-refractivity contribution in [2.24, 2.45) is 0 Å². The first-order valence-corrected chi connectivity index (χ1v) is 13.2. The van der Waals surface area contributed by atoms with E-state index in [1.807, 2.05) is 19.3 Å². The van der Waals surface area contributed by atoms with Gasteiger partial charge >= 0.3 is 6.18 Å². The minimum Gasteiger partial charge on any atom is -0.383 e. The Labute approximate surface area is 235 Å². The van der Waals surface area contributed by atoms with Crippen molar-refractivity contribution in [1.29, 1.82) is 0 Å². The number of methoxy groups -OCH3 is 1. The summed E-state index contributed by atoms with van der Waals surface area (Å²) in [6.45, 7) is 7.34. The van der Waals surface area contributed by atoms with E-state index in [0.29, 0.717) is 17.1 Å². The number of aromatic nitrogens is 5. The lowest BCUT2D eigenvalue weighted by molar-refractivity contribution is -0.137. The number of hydrogen-bond donors (Lipinski definition) is 2. The fourth-order valence-corrected chi connectivity index (χ4v) is 4.70. The van der Waals surface area contributed by atoms with E-state index in [9.17, 15) is 18.0 Å². The lowest BCUT2D eigenvalue weighted by Gasteiger charge is -2.24. The van der Waals surface area contributed by atoms with Gasteiger partial charge in [0, 0.05) is 51.2 Å². The third-order valence-electron chi connectivity index (χ3n) is 7.00. The number of pyridine rings is 3. The van der Waals surface area contributed by atoms with E-state index in [2.05, 4.69) is 41.2 Å². The number of ether oxygens (including phenoxy) is 1. The smallest absolute Gasteiger partial charge is 0.383 e. The number of nitrogens with zero attached hydrogens (tertiary/aromatic N) is 6. The Hall–Kier alpha value is -4.23. The minimum atomic E-state index is -4.57. The lowest BCUT2D eigenvalue weighted by Crippen LogP contribution is -2.32. The molecule has 1 aliphatic heterocycles. The Morgan fingerprint density at radius 2 is 1.93 bits per heavy atom. The number of carbonyl (C=O) groups excluding carboxylic acids is 1. The van der Waals surface area contributed by atoms with E-state index >= 15 is 0 Å². The molecule has 0 aliphatic carbocycles. The summed E-state index contributed by atoms with van der Waals surface area (Å²) in [7, 11) is 1.72. The van der Waals surface area contributed by atoms with Gasteiger partial charge in [0.25, 0.3) is 5.91 Å². The van der Waals surface area contributed by atoms with Crippen LogP contribution in [0, 0.1) is 6.92 Å². The predicted octanol–water partition coefficient (Wildman–Crippen LogP) is 4.40. The van der Waals surface area contributed by atoms with Crippen LogP contribution in [0.15, 0.2) is 55.2 Å². The molecule has 0 aromatic carbocycles. The Morgan fingerprint density at radius 3 is 2.71 bits per heavy atom. The number of carbonyl (C=O) groups is 1. The Balaban J connectivity index is 1.27. The zero-order chi connectivity index (χ0) is 29.0. The number of anilines is 2. The number of rotatable bonds is 8. The number of nitrogens with one attached hydrogen (secondary N) is 2. The van der Waals surface area contributed by atoms with Gasteiger partial charge in [-0.3, -0.25) is 34.4 Å². The molecule has 5 rings (SSSR count). The van der Waals surface area contributed by atoms with Gasteiger partial charge in [-0.25, -0.2) is 0 Å². The van der Waals surface area contributed by atoms with Gasteiger partial charge in [-0.15, -0.1) is 0 Å². The quantitative estimate of drug-likeness (QED) is 0.325. The van der Waals surface area contributed by atoms with Gasteiger partial charge in [-0.2, -0.15) is 13.2 Å². The molecule has 1 fully saturated rings. The molecule has 41 heavy (non-hydrogen) atoms. The fraction of sp³-hybridized carbons (Fsp3) is 0.357. The van der Waals surface area contributed by atoms with Crippen LogP contribution >= 0.6 is 0 Å². The monoisotopic (exact) mass is 568 g/mol. The summed E-state index contributed by atoms with van der Waals surface area (Å²) in [5.41, 5.74) is 3.27. The van der Waals surface area contributed by atoms with Crippen LogP contribution in [0.4, 0.5) is 24.5 Å². The maximum Gasteiger partial charge on any atom is 0.416 e. The molecule has 216 valence electrons. The van der Waals surface area contributed by atoms with Crippen LogP contribution in [0.3, 0.4) is 0 Å². The second-order valence-electron chi connectivity index (χ2n) is 9.84. The summed E-state index contributed by atoms with van der Waals surface area (Å²) < 4.78 is 46.1. The maximum absolute atomic E-state index is 13.0. The molecular formula is C28H31F3N8O2. The second kappa shape index (κ2) is 12.1. The van der Waals surface area contributed by atoms with Crippen LogP contribution in [0.5, 0.6) is 0 Å². The molecule has 0 unspecified atom stereocenters. The van der Waals surface area contributed by atoms with E-state index in [1.165, 1.54) is 6.20 Å². The highest BCUT2D eigenvalue weighted by atomic mass is 19.4. The van der Waals surface area contributed by atoms with Gasteiger partial charge in [0.1, 0.15) is 5.69 Å². The average Bonchev–Trinajstić information content (AvgIpc) is 3.18. The van der Waals surface area contributed by atoms with Gasteiger partial charge in [0.15, 0.2) is 0 Å². The van der Waals surface area contributed by atoms with Crippen LogP contribution in [0.25, 0.3) is 16.9 Å². The highest BCUT2D eigenvalue weighted by molar-refractivity contribution is 6.03. The highest BCUT2D eigenvalue weighted by Gasteiger charge is 2.31. The van der Waals surface area contributed by atoms with Crippen molar-refractivity contribution < 1.29 is 22.7 Å². The van der Waals surface area contributed by atoms with E-state index in [4.69, 9.17) is 4.74 Å². The Kier molecular flexibility index (Phi) is 8.36. The molecule has 0 saturated carbocycles. The second-order valence-corrected chi connectivity index (χ2v) is 9.84. The molecule has 10 nitrogen and oxygen atoms in total. The zero-order valence-electron chi connectivity index (χ0n) is 22.8. The van der Waals surface area contributed by atoms with Crippen molar-refractivity contribution in [3.8, 4) is 16.9 Å². The van der Waals surface area contributed by atoms with E-state index < -0.39 is 17.6 Å². The molecule has 0 radical (unpaired) electrons. The first-order valence-electron chi connectivity index (χ1n) is 13.2. The molecule has 5 heterocycles.